The Morgan fingerprint density at radius 2 is 1.51 bits per heavy atom. The third kappa shape index (κ3) is 6.93. The average molecular weight is 526 g/mol. The summed E-state index contributed by atoms with van der Waals surface area (Å²) >= 11 is 0. The number of pyridine rings is 1. The molecule has 0 saturated heterocycles. The van der Waals surface area contributed by atoms with E-state index in [0.717, 1.165) is 11.1 Å². The largest absolute Gasteiger partial charge is 0.497 e. The van der Waals surface area contributed by atoms with Gasteiger partial charge in [-0.3, -0.25) is 14.6 Å². The van der Waals surface area contributed by atoms with Crippen LogP contribution in [0.1, 0.15) is 22.7 Å². The van der Waals surface area contributed by atoms with Gasteiger partial charge in [0.25, 0.3) is 5.91 Å². The number of amides is 2. The zero-order chi connectivity index (χ0) is 27.6. The topological polar surface area (TPSA) is 90.0 Å². The van der Waals surface area contributed by atoms with Gasteiger partial charge >= 0.3 is 0 Å². The highest BCUT2D eigenvalue weighted by atomic mass is 16.5. The van der Waals surface area contributed by atoms with Gasteiger partial charge in [0.15, 0.2) is 0 Å². The Hall–Kier alpha value is -4.85. The zero-order valence-electron chi connectivity index (χ0n) is 22.2. The van der Waals surface area contributed by atoms with Crippen molar-refractivity contribution < 1.29 is 23.8 Å². The second-order valence-electron chi connectivity index (χ2n) is 8.78. The second kappa shape index (κ2) is 13.1. The average Bonchev–Trinajstić information content (AvgIpc) is 2.98. The first-order chi connectivity index (χ1) is 19.0. The summed E-state index contributed by atoms with van der Waals surface area (Å²) in [6, 6.07) is 24.4. The fourth-order valence-corrected chi connectivity index (χ4v) is 4.25. The van der Waals surface area contributed by atoms with Crippen LogP contribution in [0.3, 0.4) is 0 Å². The fourth-order valence-electron chi connectivity index (χ4n) is 4.25. The Labute approximate surface area is 228 Å². The third-order valence-electron chi connectivity index (χ3n) is 6.25. The quantitative estimate of drug-likeness (QED) is 0.295. The molecule has 1 atom stereocenters. The standard InChI is InChI=1S/C31H31N3O5/c1-37-25-13-11-24(12-14-25)30(31(36)33-27-16-15-26(38-2)19-28(27)39-3)34(21-23-10-7-17-32-20-23)29(35)18-22-8-5-4-6-9-22/h4-17,19-20,30H,18,21H2,1-3H3,(H,33,36)/t30-/m0/s1. The molecule has 1 heterocycles. The molecule has 2 amide bonds. The molecule has 0 unspecified atom stereocenters. The van der Waals surface area contributed by atoms with Crippen molar-refractivity contribution in [2.24, 2.45) is 0 Å². The highest BCUT2D eigenvalue weighted by Crippen LogP contribution is 2.32. The molecule has 0 saturated carbocycles. The van der Waals surface area contributed by atoms with E-state index in [1.807, 2.05) is 36.4 Å². The number of carbonyl (C=O) groups is 2. The van der Waals surface area contributed by atoms with Gasteiger partial charge in [0.2, 0.25) is 5.91 Å². The molecule has 4 aromatic rings. The maximum atomic E-state index is 14.0. The molecule has 1 aromatic heterocycles. The molecule has 0 aliphatic heterocycles. The first-order valence-electron chi connectivity index (χ1n) is 12.4. The number of methoxy groups -OCH3 is 3. The predicted octanol–water partition coefficient (Wildman–Crippen LogP) is 5.06. The Kier molecular flexibility index (Phi) is 9.13. The van der Waals surface area contributed by atoms with Crippen molar-refractivity contribution in [1.82, 2.24) is 9.88 Å². The minimum atomic E-state index is -0.959. The lowest BCUT2D eigenvalue weighted by Gasteiger charge is -2.32. The minimum absolute atomic E-state index is 0.132. The van der Waals surface area contributed by atoms with Crippen molar-refractivity contribution in [3.05, 3.63) is 114 Å². The first kappa shape index (κ1) is 27.2. The molecule has 8 nitrogen and oxygen atoms in total. The summed E-state index contributed by atoms with van der Waals surface area (Å²) in [6.45, 7) is 0.184. The predicted molar refractivity (Wildman–Crippen MR) is 149 cm³/mol. The number of anilines is 1. The molecule has 0 spiro atoms. The van der Waals surface area contributed by atoms with Crippen LogP contribution in [0.4, 0.5) is 5.69 Å². The molecule has 3 aromatic carbocycles. The summed E-state index contributed by atoms with van der Waals surface area (Å²) in [5, 5.41) is 2.96. The van der Waals surface area contributed by atoms with E-state index in [-0.39, 0.29) is 18.9 Å². The lowest BCUT2D eigenvalue weighted by molar-refractivity contribution is -0.139. The van der Waals surface area contributed by atoms with E-state index < -0.39 is 11.9 Å². The lowest BCUT2D eigenvalue weighted by Crippen LogP contribution is -2.41. The summed E-state index contributed by atoms with van der Waals surface area (Å²) < 4.78 is 16.1. The molecule has 0 fully saturated rings. The summed E-state index contributed by atoms with van der Waals surface area (Å²) in [4.78, 5) is 33.7. The van der Waals surface area contributed by atoms with Crippen LogP contribution in [-0.2, 0) is 22.6 Å². The van der Waals surface area contributed by atoms with Crippen LogP contribution in [0.25, 0.3) is 0 Å². The van der Waals surface area contributed by atoms with Gasteiger partial charge in [-0.05, 0) is 47.0 Å². The monoisotopic (exact) mass is 525 g/mol. The molecule has 0 aliphatic rings. The van der Waals surface area contributed by atoms with Gasteiger partial charge in [0.1, 0.15) is 23.3 Å². The summed E-state index contributed by atoms with van der Waals surface area (Å²) in [5.74, 6) is 1.07. The fraction of sp³-hybridized carbons (Fsp3) is 0.194. The highest BCUT2D eigenvalue weighted by molar-refractivity contribution is 5.99. The number of nitrogens with one attached hydrogen (secondary N) is 1. The number of hydrogen-bond acceptors (Lipinski definition) is 6. The molecule has 8 heteroatoms. The minimum Gasteiger partial charge on any atom is -0.497 e. The molecule has 4 rings (SSSR count). The number of carbonyl (C=O) groups excluding carboxylic acids is 2. The molecule has 39 heavy (non-hydrogen) atoms. The smallest absolute Gasteiger partial charge is 0.251 e. The van der Waals surface area contributed by atoms with Crippen LogP contribution in [-0.4, -0.2) is 43.0 Å². The van der Waals surface area contributed by atoms with Gasteiger partial charge in [-0.1, -0.05) is 48.5 Å². The SMILES string of the molecule is COc1ccc([C@@H](C(=O)Nc2ccc(OC)cc2OC)N(Cc2cccnc2)C(=O)Cc2ccccc2)cc1. The number of benzene rings is 3. The van der Waals surface area contributed by atoms with Crippen molar-refractivity contribution in [3.63, 3.8) is 0 Å². The summed E-state index contributed by atoms with van der Waals surface area (Å²) in [6.07, 6.45) is 3.49. The van der Waals surface area contributed by atoms with Crippen molar-refractivity contribution >= 4 is 17.5 Å². The van der Waals surface area contributed by atoms with Crippen LogP contribution in [0, 0.1) is 0 Å². The van der Waals surface area contributed by atoms with Gasteiger partial charge < -0.3 is 24.4 Å². The normalized spacial score (nSPS) is 11.3. The van der Waals surface area contributed by atoms with E-state index in [0.29, 0.717) is 28.5 Å². The Bertz CT molecular complexity index is 1380. The van der Waals surface area contributed by atoms with Gasteiger partial charge in [0, 0.05) is 25.0 Å². The first-order valence-corrected chi connectivity index (χ1v) is 12.4. The number of nitrogens with zero attached hydrogens (tertiary/aromatic N) is 2. The maximum absolute atomic E-state index is 14.0. The lowest BCUT2D eigenvalue weighted by atomic mass is 10.0. The molecule has 0 aliphatic carbocycles. The third-order valence-corrected chi connectivity index (χ3v) is 6.25. The van der Waals surface area contributed by atoms with Gasteiger partial charge in [-0.2, -0.15) is 0 Å². The van der Waals surface area contributed by atoms with Crippen molar-refractivity contribution in [1.29, 1.82) is 0 Å². The van der Waals surface area contributed by atoms with Crippen LogP contribution in [0.15, 0.2) is 97.3 Å². The molecule has 1 N–H and O–H groups in total. The maximum Gasteiger partial charge on any atom is 0.251 e. The zero-order valence-corrected chi connectivity index (χ0v) is 22.2. The Morgan fingerprint density at radius 3 is 2.15 bits per heavy atom. The van der Waals surface area contributed by atoms with Crippen LogP contribution < -0.4 is 19.5 Å². The second-order valence-corrected chi connectivity index (χ2v) is 8.78. The molecular formula is C31H31N3O5. The summed E-state index contributed by atoms with van der Waals surface area (Å²) in [7, 11) is 4.65. The molecule has 200 valence electrons. The van der Waals surface area contributed by atoms with Gasteiger partial charge in [-0.25, -0.2) is 0 Å². The van der Waals surface area contributed by atoms with Crippen molar-refractivity contribution in [2.45, 2.75) is 19.0 Å². The number of ether oxygens (including phenoxy) is 3. The van der Waals surface area contributed by atoms with E-state index in [1.165, 1.54) is 7.11 Å². The van der Waals surface area contributed by atoms with E-state index in [1.54, 1.807) is 80.0 Å². The van der Waals surface area contributed by atoms with Gasteiger partial charge in [-0.15, -0.1) is 0 Å². The number of aromatic nitrogens is 1. The van der Waals surface area contributed by atoms with Gasteiger partial charge in [0.05, 0.1) is 33.4 Å². The number of rotatable bonds is 11. The molecular weight excluding hydrogens is 494 g/mol. The molecule has 0 radical (unpaired) electrons. The van der Waals surface area contributed by atoms with E-state index in [4.69, 9.17) is 14.2 Å². The van der Waals surface area contributed by atoms with Crippen molar-refractivity contribution in [2.75, 3.05) is 26.6 Å². The van der Waals surface area contributed by atoms with Crippen LogP contribution >= 0.6 is 0 Å². The van der Waals surface area contributed by atoms with Crippen LogP contribution in [0.5, 0.6) is 17.2 Å². The highest BCUT2D eigenvalue weighted by Gasteiger charge is 2.32. The van der Waals surface area contributed by atoms with Crippen LogP contribution in [0.2, 0.25) is 0 Å². The molecule has 0 bridgehead atoms. The Balaban J connectivity index is 1.75. The number of hydrogen-bond donors (Lipinski definition) is 1. The Morgan fingerprint density at radius 1 is 0.821 bits per heavy atom. The summed E-state index contributed by atoms with van der Waals surface area (Å²) in [5.41, 5.74) is 2.74. The van der Waals surface area contributed by atoms with E-state index >= 15 is 0 Å². The van der Waals surface area contributed by atoms with E-state index in [2.05, 4.69) is 10.3 Å². The van der Waals surface area contributed by atoms with E-state index in [9.17, 15) is 9.59 Å². The van der Waals surface area contributed by atoms with Crippen molar-refractivity contribution in [3.8, 4) is 17.2 Å².